The molecule has 168 valence electrons. The number of rotatable bonds is 4. The van der Waals surface area contributed by atoms with E-state index in [2.05, 4.69) is 4.98 Å². The molecule has 7 nitrogen and oxygen atoms in total. The van der Waals surface area contributed by atoms with Gasteiger partial charge in [0.2, 0.25) is 0 Å². The molecule has 3 atom stereocenters. The minimum atomic E-state index is -3.84. The monoisotopic (exact) mass is 456 g/mol. The van der Waals surface area contributed by atoms with Gasteiger partial charge in [0, 0.05) is 44.0 Å². The molecule has 1 aromatic heterocycles. The van der Waals surface area contributed by atoms with Crippen LogP contribution in [-0.2, 0) is 17.1 Å². The van der Waals surface area contributed by atoms with Gasteiger partial charge in [-0.05, 0) is 35.7 Å². The fourth-order valence-electron chi connectivity index (χ4n) is 5.19. The molecule has 1 N–H and O–H groups in total. The quantitative estimate of drug-likeness (QED) is 0.653. The van der Waals surface area contributed by atoms with Crippen LogP contribution in [0.5, 0.6) is 0 Å². The fraction of sp³-hybridized carbons (Fsp3) is 0.348. The summed E-state index contributed by atoms with van der Waals surface area (Å²) in [5, 5.41) is 10.1. The summed E-state index contributed by atoms with van der Waals surface area (Å²) >= 11 is 0. The number of likely N-dealkylation sites (N-methyl/N-ethyl adjacent to an activating group) is 1. The van der Waals surface area contributed by atoms with E-state index in [0.717, 1.165) is 11.3 Å². The van der Waals surface area contributed by atoms with E-state index < -0.39 is 16.1 Å². The number of hydrogen-bond acceptors (Lipinski definition) is 5. The Labute approximate surface area is 186 Å². The molecular formula is C23H25FN4O3S. The van der Waals surface area contributed by atoms with Gasteiger partial charge in [0.25, 0.3) is 10.0 Å². The Morgan fingerprint density at radius 1 is 1.19 bits per heavy atom. The molecule has 9 heteroatoms. The van der Waals surface area contributed by atoms with E-state index in [1.54, 1.807) is 29.8 Å². The molecule has 0 aliphatic carbocycles. The van der Waals surface area contributed by atoms with Crippen molar-refractivity contribution in [1.29, 1.82) is 0 Å². The Morgan fingerprint density at radius 3 is 2.66 bits per heavy atom. The number of hydrogen-bond donors (Lipinski definition) is 1. The normalized spacial score (nSPS) is 23.2. The first kappa shape index (κ1) is 21.1. The Bertz CT molecular complexity index is 1280. The van der Waals surface area contributed by atoms with Crippen molar-refractivity contribution in [3.05, 3.63) is 66.4 Å². The lowest BCUT2D eigenvalue weighted by atomic mass is 9.81. The van der Waals surface area contributed by atoms with Gasteiger partial charge < -0.3 is 14.6 Å². The highest BCUT2D eigenvalue weighted by Gasteiger charge is 2.50. The number of fused-ring (bicyclic) bond motifs is 3. The lowest BCUT2D eigenvalue weighted by molar-refractivity contribution is 0.193. The number of sulfonamides is 1. The lowest BCUT2D eigenvalue weighted by Crippen LogP contribution is -2.48. The van der Waals surface area contributed by atoms with Crippen molar-refractivity contribution in [3.63, 3.8) is 0 Å². The van der Waals surface area contributed by atoms with Gasteiger partial charge in [-0.3, -0.25) is 0 Å². The number of aryl methyl sites for hydroxylation is 1. The maximum absolute atomic E-state index is 14.5. The molecule has 0 saturated carbocycles. The third-order valence-corrected chi connectivity index (χ3v) is 8.51. The molecule has 0 spiro atoms. The molecule has 2 aromatic carbocycles. The molecule has 32 heavy (non-hydrogen) atoms. The van der Waals surface area contributed by atoms with E-state index in [-0.39, 0.29) is 29.4 Å². The molecule has 0 radical (unpaired) electrons. The summed E-state index contributed by atoms with van der Waals surface area (Å²) in [6.45, 7) is 0.256. The van der Waals surface area contributed by atoms with E-state index in [1.165, 1.54) is 22.9 Å². The van der Waals surface area contributed by atoms with Crippen molar-refractivity contribution in [3.8, 4) is 11.1 Å². The van der Waals surface area contributed by atoms with E-state index >= 15 is 0 Å². The minimum Gasteiger partial charge on any atom is -0.394 e. The average Bonchev–Trinajstić information content (AvgIpc) is 3.42. The fourth-order valence-corrected chi connectivity index (χ4v) is 6.82. The molecule has 0 bridgehead atoms. The van der Waals surface area contributed by atoms with Crippen molar-refractivity contribution in [2.24, 2.45) is 13.0 Å². The van der Waals surface area contributed by atoms with Gasteiger partial charge in [-0.15, -0.1) is 0 Å². The number of aliphatic hydroxyl groups excluding tert-OH is 1. The topological polar surface area (TPSA) is 78.7 Å². The maximum atomic E-state index is 14.5. The number of halogens is 1. The highest BCUT2D eigenvalue weighted by atomic mass is 32.2. The molecule has 0 amide bonds. The average molecular weight is 457 g/mol. The van der Waals surface area contributed by atoms with Gasteiger partial charge in [-0.2, -0.15) is 4.31 Å². The summed E-state index contributed by atoms with van der Waals surface area (Å²) in [6.07, 6.45) is 3.59. The van der Waals surface area contributed by atoms with E-state index in [0.29, 0.717) is 24.1 Å². The van der Waals surface area contributed by atoms with Crippen LogP contribution < -0.4 is 4.90 Å². The summed E-state index contributed by atoms with van der Waals surface area (Å²) in [7, 11) is -0.199. The van der Waals surface area contributed by atoms with Gasteiger partial charge >= 0.3 is 0 Å². The summed E-state index contributed by atoms with van der Waals surface area (Å²) in [6, 6.07) is 11.5. The molecule has 1 fully saturated rings. The van der Waals surface area contributed by atoms with Crippen LogP contribution in [0.15, 0.2) is 60.0 Å². The zero-order valence-corrected chi connectivity index (χ0v) is 18.7. The first-order valence-electron chi connectivity index (χ1n) is 10.6. The van der Waals surface area contributed by atoms with E-state index in [4.69, 9.17) is 0 Å². The highest BCUT2D eigenvalue weighted by Crippen LogP contribution is 2.51. The number of aliphatic hydroxyl groups is 1. The maximum Gasteiger partial charge on any atom is 0.262 e. The second kappa shape index (κ2) is 7.68. The van der Waals surface area contributed by atoms with Crippen LogP contribution in [0.3, 0.4) is 0 Å². The van der Waals surface area contributed by atoms with E-state index in [1.807, 2.05) is 30.1 Å². The molecule has 2 aliphatic heterocycles. The smallest absolute Gasteiger partial charge is 0.262 e. The predicted molar refractivity (Wildman–Crippen MR) is 119 cm³/mol. The minimum absolute atomic E-state index is 0.00642. The van der Waals surface area contributed by atoms with Gasteiger partial charge in [0.1, 0.15) is 5.82 Å². The predicted octanol–water partition coefficient (Wildman–Crippen LogP) is 2.79. The van der Waals surface area contributed by atoms with Crippen molar-refractivity contribution in [2.75, 3.05) is 25.1 Å². The highest BCUT2D eigenvalue weighted by molar-refractivity contribution is 7.89. The number of imidazole rings is 1. The van der Waals surface area contributed by atoms with Crippen molar-refractivity contribution < 1.29 is 17.9 Å². The van der Waals surface area contributed by atoms with Crippen molar-refractivity contribution in [2.45, 2.75) is 23.5 Å². The van der Waals surface area contributed by atoms with Crippen LogP contribution in [0, 0.1) is 11.7 Å². The van der Waals surface area contributed by atoms with Crippen LogP contribution >= 0.6 is 0 Å². The Morgan fingerprint density at radius 2 is 1.97 bits per heavy atom. The molecule has 3 aromatic rings. The van der Waals surface area contributed by atoms with Crippen LogP contribution in [0.25, 0.3) is 11.1 Å². The van der Waals surface area contributed by atoms with Crippen LogP contribution in [-0.4, -0.2) is 53.6 Å². The number of anilines is 1. The Hall–Kier alpha value is -2.75. The van der Waals surface area contributed by atoms with Crippen LogP contribution in [0.1, 0.15) is 18.0 Å². The molecule has 0 unspecified atom stereocenters. The number of nitrogens with zero attached hydrogens (tertiary/aromatic N) is 4. The van der Waals surface area contributed by atoms with Crippen molar-refractivity contribution >= 4 is 15.7 Å². The second-order valence-electron chi connectivity index (χ2n) is 8.50. The summed E-state index contributed by atoms with van der Waals surface area (Å²) < 4.78 is 44.6. The summed E-state index contributed by atoms with van der Waals surface area (Å²) in [4.78, 5) is 6.09. The van der Waals surface area contributed by atoms with Crippen molar-refractivity contribution in [1.82, 2.24) is 13.9 Å². The molecule has 1 saturated heterocycles. The van der Waals surface area contributed by atoms with Crippen LogP contribution in [0.2, 0.25) is 0 Å². The third-order valence-electron chi connectivity index (χ3n) is 6.74. The standard InChI is InChI=1S/C23H25FN4O3S/c1-26-12-22(25-14-26)32(30,31)28-10-9-17-21(13-29)27(2)20-8-7-15(11-18(20)23(17)28)16-5-3-4-6-19(16)24/h3-8,11-12,14,17,21,23,29H,9-10,13H2,1-2H3/t17-,21-,23-/m1/s1. The van der Waals surface area contributed by atoms with E-state index in [9.17, 15) is 17.9 Å². The summed E-state index contributed by atoms with van der Waals surface area (Å²) in [5.41, 5.74) is 2.82. The second-order valence-corrected chi connectivity index (χ2v) is 10.3. The van der Waals surface area contributed by atoms with Gasteiger partial charge in [0.05, 0.1) is 25.0 Å². The van der Waals surface area contributed by atoms with Gasteiger partial charge in [-0.1, -0.05) is 24.3 Å². The molecular weight excluding hydrogens is 431 g/mol. The molecule has 5 rings (SSSR count). The van der Waals surface area contributed by atoms with Gasteiger partial charge in [0.15, 0.2) is 5.03 Å². The lowest BCUT2D eigenvalue weighted by Gasteiger charge is -2.44. The molecule has 2 aliphatic rings. The Kier molecular flexibility index (Phi) is 5.07. The first-order valence-corrected chi connectivity index (χ1v) is 12.0. The molecule has 3 heterocycles. The summed E-state index contributed by atoms with van der Waals surface area (Å²) in [5.74, 6) is -0.419. The van der Waals surface area contributed by atoms with Gasteiger partial charge in [-0.25, -0.2) is 17.8 Å². The third kappa shape index (κ3) is 3.15. The largest absolute Gasteiger partial charge is 0.394 e. The van der Waals surface area contributed by atoms with Crippen LogP contribution in [0.4, 0.5) is 10.1 Å². The zero-order chi connectivity index (χ0) is 22.6. The number of benzene rings is 2. The number of aromatic nitrogens is 2. The Balaban J connectivity index is 1.66. The SMILES string of the molecule is CN1c2ccc(-c3ccccc3F)cc2[C@H]2[C@H](CCN2S(=O)(=O)c2cn(C)cn2)[C@H]1CO. The first-order chi connectivity index (χ1) is 15.3. The zero-order valence-electron chi connectivity index (χ0n) is 17.9.